The standard InChI is InChI=1S/C18H13FN2O3S/c19-13-8-6-12(7-9-13)17-21-15(11-25-17)18(23)24-10-16(22)20-14-4-2-1-3-5-14/h1-9,11H,10H2,(H,20,22). The molecule has 0 fully saturated rings. The lowest BCUT2D eigenvalue weighted by Gasteiger charge is -2.05. The van der Waals surface area contributed by atoms with E-state index >= 15 is 0 Å². The van der Waals surface area contributed by atoms with E-state index in [1.54, 1.807) is 36.4 Å². The van der Waals surface area contributed by atoms with E-state index in [1.807, 2.05) is 6.07 Å². The third-order valence-corrected chi connectivity index (χ3v) is 4.09. The van der Waals surface area contributed by atoms with Crippen molar-refractivity contribution >= 4 is 28.9 Å². The fourth-order valence-electron chi connectivity index (χ4n) is 2.02. The summed E-state index contributed by atoms with van der Waals surface area (Å²) in [4.78, 5) is 27.9. The smallest absolute Gasteiger partial charge is 0.358 e. The highest BCUT2D eigenvalue weighted by Crippen LogP contribution is 2.24. The van der Waals surface area contributed by atoms with E-state index < -0.39 is 18.5 Å². The second kappa shape index (κ2) is 7.67. The van der Waals surface area contributed by atoms with Crippen LogP contribution in [0.25, 0.3) is 10.6 Å². The first kappa shape index (κ1) is 16.8. The van der Waals surface area contributed by atoms with Gasteiger partial charge in [-0.1, -0.05) is 18.2 Å². The van der Waals surface area contributed by atoms with Crippen molar-refractivity contribution in [1.82, 2.24) is 4.98 Å². The Hall–Kier alpha value is -3.06. The highest BCUT2D eigenvalue weighted by atomic mass is 32.1. The third kappa shape index (κ3) is 4.48. The first-order chi connectivity index (χ1) is 12.1. The summed E-state index contributed by atoms with van der Waals surface area (Å²) >= 11 is 1.24. The van der Waals surface area contributed by atoms with Gasteiger partial charge in [0.25, 0.3) is 5.91 Å². The second-order valence-electron chi connectivity index (χ2n) is 5.04. The minimum Gasteiger partial charge on any atom is -0.451 e. The number of rotatable bonds is 5. The molecule has 0 unspecified atom stereocenters. The molecule has 0 aliphatic carbocycles. The maximum absolute atomic E-state index is 12.9. The highest BCUT2D eigenvalue weighted by molar-refractivity contribution is 7.13. The van der Waals surface area contributed by atoms with E-state index in [9.17, 15) is 14.0 Å². The number of hydrogen-bond donors (Lipinski definition) is 1. The normalized spacial score (nSPS) is 10.3. The number of nitrogens with one attached hydrogen (secondary N) is 1. The fraction of sp³-hybridized carbons (Fsp3) is 0.0556. The zero-order valence-corrected chi connectivity index (χ0v) is 13.8. The Morgan fingerprint density at radius 2 is 1.80 bits per heavy atom. The summed E-state index contributed by atoms with van der Waals surface area (Å²) in [6, 6.07) is 14.7. The number of nitrogens with zero attached hydrogens (tertiary/aromatic N) is 1. The molecule has 0 saturated carbocycles. The van der Waals surface area contributed by atoms with Crippen LogP contribution in [0.4, 0.5) is 10.1 Å². The zero-order chi connectivity index (χ0) is 17.6. The SMILES string of the molecule is O=C(COC(=O)c1csc(-c2ccc(F)cc2)n1)Nc1ccccc1. The van der Waals surface area contributed by atoms with Crippen LogP contribution in [0, 0.1) is 5.82 Å². The maximum Gasteiger partial charge on any atom is 0.358 e. The lowest BCUT2D eigenvalue weighted by atomic mass is 10.2. The van der Waals surface area contributed by atoms with Crippen molar-refractivity contribution in [2.24, 2.45) is 0 Å². The Balaban J connectivity index is 1.57. The van der Waals surface area contributed by atoms with Gasteiger partial charge in [-0.3, -0.25) is 4.79 Å². The van der Waals surface area contributed by atoms with Crippen LogP contribution in [0.2, 0.25) is 0 Å². The molecular formula is C18H13FN2O3S. The second-order valence-corrected chi connectivity index (χ2v) is 5.89. The van der Waals surface area contributed by atoms with Crippen LogP contribution >= 0.6 is 11.3 Å². The Bertz CT molecular complexity index is 879. The number of esters is 1. The summed E-state index contributed by atoms with van der Waals surface area (Å²) in [6.07, 6.45) is 0. The van der Waals surface area contributed by atoms with E-state index in [2.05, 4.69) is 10.3 Å². The molecule has 0 bridgehead atoms. The van der Waals surface area contributed by atoms with Crippen LogP contribution in [-0.4, -0.2) is 23.5 Å². The molecule has 2 aromatic carbocycles. The van der Waals surface area contributed by atoms with Crippen LogP contribution in [0.5, 0.6) is 0 Å². The Morgan fingerprint density at radius 3 is 2.52 bits per heavy atom. The maximum atomic E-state index is 12.9. The minimum absolute atomic E-state index is 0.108. The van der Waals surface area contributed by atoms with Gasteiger partial charge in [0.1, 0.15) is 10.8 Å². The molecule has 1 amide bonds. The van der Waals surface area contributed by atoms with Gasteiger partial charge >= 0.3 is 5.97 Å². The van der Waals surface area contributed by atoms with Gasteiger partial charge in [-0.2, -0.15) is 0 Å². The summed E-state index contributed by atoms with van der Waals surface area (Å²) in [6.45, 7) is -0.406. The molecule has 5 nitrogen and oxygen atoms in total. The van der Waals surface area contributed by atoms with E-state index in [0.717, 1.165) is 0 Å². The number of benzene rings is 2. The first-order valence-electron chi connectivity index (χ1n) is 7.35. The number of para-hydroxylation sites is 1. The van der Waals surface area contributed by atoms with Crippen LogP contribution in [0.1, 0.15) is 10.5 Å². The van der Waals surface area contributed by atoms with E-state index in [4.69, 9.17) is 4.74 Å². The number of ether oxygens (including phenoxy) is 1. The van der Waals surface area contributed by atoms with Gasteiger partial charge in [0, 0.05) is 16.6 Å². The van der Waals surface area contributed by atoms with Gasteiger partial charge in [0.2, 0.25) is 0 Å². The average molecular weight is 356 g/mol. The number of aromatic nitrogens is 1. The fourth-order valence-corrected chi connectivity index (χ4v) is 2.81. The van der Waals surface area contributed by atoms with Crippen molar-refractivity contribution in [1.29, 1.82) is 0 Å². The molecule has 0 radical (unpaired) electrons. The highest BCUT2D eigenvalue weighted by Gasteiger charge is 2.15. The number of carbonyl (C=O) groups excluding carboxylic acids is 2. The van der Waals surface area contributed by atoms with E-state index in [0.29, 0.717) is 16.3 Å². The number of halogens is 1. The molecule has 1 heterocycles. The molecule has 0 aliphatic heterocycles. The molecular weight excluding hydrogens is 343 g/mol. The summed E-state index contributed by atoms with van der Waals surface area (Å²) in [7, 11) is 0. The van der Waals surface area contributed by atoms with Crippen molar-refractivity contribution in [2.45, 2.75) is 0 Å². The van der Waals surface area contributed by atoms with Gasteiger partial charge in [0.15, 0.2) is 12.3 Å². The number of amides is 1. The number of anilines is 1. The molecule has 0 aliphatic rings. The lowest BCUT2D eigenvalue weighted by molar-refractivity contribution is -0.119. The molecule has 1 N–H and O–H groups in total. The predicted molar refractivity (Wildman–Crippen MR) is 92.9 cm³/mol. The van der Waals surface area contributed by atoms with Crippen molar-refractivity contribution in [3.05, 3.63) is 71.5 Å². The van der Waals surface area contributed by atoms with Gasteiger partial charge in [-0.05, 0) is 36.4 Å². The van der Waals surface area contributed by atoms with Gasteiger partial charge in [-0.25, -0.2) is 14.2 Å². The summed E-state index contributed by atoms with van der Waals surface area (Å²) in [5, 5.41) is 4.72. The molecule has 3 aromatic rings. The molecule has 25 heavy (non-hydrogen) atoms. The van der Waals surface area contributed by atoms with Crippen LogP contribution in [0.3, 0.4) is 0 Å². The van der Waals surface area contributed by atoms with E-state index in [-0.39, 0.29) is 11.5 Å². The van der Waals surface area contributed by atoms with Crippen molar-refractivity contribution < 1.29 is 18.7 Å². The summed E-state index contributed by atoms with van der Waals surface area (Å²) < 4.78 is 17.9. The van der Waals surface area contributed by atoms with Gasteiger partial charge in [-0.15, -0.1) is 11.3 Å². The number of hydrogen-bond acceptors (Lipinski definition) is 5. The van der Waals surface area contributed by atoms with Crippen LogP contribution in [-0.2, 0) is 9.53 Å². The summed E-state index contributed by atoms with van der Waals surface area (Å²) in [5.41, 5.74) is 1.43. The van der Waals surface area contributed by atoms with Crippen molar-refractivity contribution in [3.8, 4) is 10.6 Å². The molecule has 7 heteroatoms. The molecule has 126 valence electrons. The monoisotopic (exact) mass is 356 g/mol. The summed E-state index contributed by atoms with van der Waals surface area (Å²) in [5.74, 6) is -1.47. The van der Waals surface area contributed by atoms with Gasteiger partial charge < -0.3 is 10.1 Å². The molecule has 1 aromatic heterocycles. The molecule has 3 rings (SSSR count). The Morgan fingerprint density at radius 1 is 1.08 bits per heavy atom. The zero-order valence-electron chi connectivity index (χ0n) is 12.9. The largest absolute Gasteiger partial charge is 0.451 e. The molecule has 0 saturated heterocycles. The van der Waals surface area contributed by atoms with Crippen molar-refractivity contribution in [2.75, 3.05) is 11.9 Å². The quantitative estimate of drug-likeness (QED) is 0.707. The van der Waals surface area contributed by atoms with Crippen LogP contribution in [0.15, 0.2) is 60.0 Å². The van der Waals surface area contributed by atoms with Crippen LogP contribution < -0.4 is 5.32 Å². The average Bonchev–Trinajstić information content (AvgIpc) is 3.11. The van der Waals surface area contributed by atoms with E-state index in [1.165, 1.54) is 28.8 Å². The number of thiazole rings is 1. The molecule has 0 spiro atoms. The topological polar surface area (TPSA) is 68.3 Å². The number of carbonyl (C=O) groups is 2. The Kier molecular flexibility index (Phi) is 5.15. The Labute approximate surface area is 147 Å². The lowest BCUT2D eigenvalue weighted by Crippen LogP contribution is -2.21. The predicted octanol–water partition coefficient (Wildman–Crippen LogP) is 3.74. The first-order valence-corrected chi connectivity index (χ1v) is 8.23. The minimum atomic E-state index is -0.687. The van der Waals surface area contributed by atoms with Crippen molar-refractivity contribution in [3.63, 3.8) is 0 Å². The third-order valence-electron chi connectivity index (χ3n) is 3.20. The van der Waals surface area contributed by atoms with Gasteiger partial charge in [0.05, 0.1) is 0 Å². The molecule has 0 atom stereocenters.